The molecule has 3 heterocycles. The molecule has 0 atom stereocenters. The number of ether oxygens (including phenoxy) is 1. The highest BCUT2D eigenvalue weighted by molar-refractivity contribution is 5.75. The molecule has 5 heteroatoms. The lowest BCUT2D eigenvalue weighted by atomic mass is 9.89. The normalized spacial score (nSPS) is 20.1. The van der Waals surface area contributed by atoms with Crippen LogP contribution in [0.25, 0.3) is 11.3 Å². The molecule has 1 aromatic heterocycles. The van der Waals surface area contributed by atoms with Crippen molar-refractivity contribution in [3.05, 3.63) is 48.2 Å². The molecule has 1 spiro atoms. The average Bonchev–Trinajstić information content (AvgIpc) is 3.23. The number of carbonyl (C=O) groups is 1. The maximum atomic E-state index is 12.0. The highest BCUT2D eigenvalue weighted by Gasteiger charge is 2.40. The van der Waals surface area contributed by atoms with Crippen LogP contribution < -0.4 is 0 Å². The van der Waals surface area contributed by atoms with E-state index in [1.54, 1.807) is 6.26 Å². The molecule has 0 bridgehead atoms. The van der Waals surface area contributed by atoms with Crippen molar-refractivity contribution in [2.24, 2.45) is 0 Å². The van der Waals surface area contributed by atoms with Gasteiger partial charge in [-0.15, -0.1) is 0 Å². The topological polar surface area (TPSA) is 45.9 Å². The molecule has 0 saturated carbocycles. The number of piperidine rings is 1. The summed E-state index contributed by atoms with van der Waals surface area (Å²) in [5, 5.41) is 0. The van der Waals surface area contributed by atoms with Gasteiger partial charge in [-0.1, -0.05) is 31.2 Å². The Morgan fingerprint density at radius 1 is 1.11 bits per heavy atom. The number of likely N-dealkylation sites (tertiary alicyclic amines) is 1. The van der Waals surface area contributed by atoms with Gasteiger partial charge in [-0.25, -0.2) is 0 Å². The van der Waals surface area contributed by atoms with Crippen molar-refractivity contribution < 1.29 is 13.9 Å². The van der Waals surface area contributed by atoms with Gasteiger partial charge in [0.2, 0.25) is 5.91 Å². The molecule has 1 aromatic carbocycles. The highest BCUT2D eigenvalue weighted by atomic mass is 16.5. The lowest BCUT2D eigenvalue weighted by molar-refractivity contribution is -0.151. The Kier molecular flexibility index (Phi) is 5.32. The van der Waals surface area contributed by atoms with Gasteiger partial charge in [0.1, 0.15) is 5.76 Å². The molecule has 0 radical (unpaired) electrons. The number of carbonyl (C=O) groups excluding carboxylic acids is 1. The molecule has 144 valence electrons. The number of nitrogens with zero attached hydrogens (tertiary/aromatic N) is 2. The lowest BCUT2D eigenvalue weighted by Crippen LogP contribution is -2.57. The Morgan fingerprint density at radius 3 is 2.67 bits per heavy atom. The smallest absolute Gasteiger partial charge is 0.222 e. The van der Waals surface area contributed by atoms with Crippen molar-refractivity contribution in [3.63, 3.8) is 0 Å². The van der Waals surface area contributed by atoms with Crippen LogP contribution in [-0.4, -0.2) is 54.1 Å². The van der Waals surface area contributed by atoms with Crippen molar-refractivity contribution in [1.29, 1.82) is 0 Å². The van der Waals surface area contributed by atoms with E-state index in [4.69, 9.17) is 9.15 Å². The average molecular weight is 368 g/mol. The van der Waals surface area contributed by atoms with E-state index in [1.807, 2.05) is 24.0 Å². The fourth-order valence-corrected chi connectivity index (χ4v) is 4.32. The van der Waals surface area contributed by atoms with Gasteiger partial charge in [-0.2, -0.15) is 0 Å². The van der Waals surface area contributed by atoms with E-state index in [1.165, 1.54) is 5.56 Å². The standard InChI is InChI=1S/C22H28N2O3/c1-2-21(25)24-11-9-22(10-12-24)17-23(13-15-27-22)16-18-6-3-4-7-19(18)20-8-5-14-26-20/h3-8,14H,2,9-13,15-17H2,1H3. The van der Waals surface area contributed by atoms with Crippen molar-refractivity contribution >= 4 is 5.91 Å². The summed E-state index contributed by atoms with van der Waals surface area (Å²) in [4.78, 5) is 16.4. The SMILES string of the molecule is CCC(=O)N1CCC2(CC1)CN(Cc1ccccc1-c1ccco1)CCO2. The monoisotopic (exact) mass is 368 g/mol. The van der Waals surface area contributed by atoms with E-state index < -0.39 is 0 Å². The minimum absolute atomic E-state index is 0.109. The van der Waals surface area contributed by atoms with Crippen LogP contribution in [0.15, 0.2) is 47.1 Å². The molecular formula is C22H28N2O3. The molecule has 0 aliphatic carbocycles. The van der Waals surface area contributed by atoms with Crippen LogP contribution in [0.3, 0.4) is 0 Å². The zero-order valence-electron chi connectivity index (χ0n) is 16.0. The molecule has 2 aliphatic heterocycles. The minimum Gasteiger partial charge on any atom is -0.464 e. The summed E-state index contributed by atoms with van der Waals surface area (Å²) >= 11 is 0. The van der Waals surface area contributed by atoms with Crippen molar-refractivity contribution in [2.75, 3.05) is 32.8 Å². The molecule has 27 heavy (non-hydrogen) atoms. The van der Waals surface area contributed by atoms with Crippen LogP contribution in [0.5, 0.6) is 0 Å². The molecule has 1 amide bonds. The third kappa shape index (κ3) is 3.94. The van der Waals surface area contributed by atoms with Crippen LogP contribution in [0.4, 0.5) is 0 Å². The molecule has 0 N–H and O–H groups in total. The van der Waals surface area contributed by atoms with Crippen molar-refractivity contribution in [1.82, 2.24) is 9.80 Å². The number of amides is 1. The maximum absolute atomic E-state index is 12.0. The number of rotatable bonds is 4. The molecule has 2 aromatic rings. The fourth-order valence-electron chi connectivity index (χ4n) is 4.32. The van der Waals surface area contributed by atoms with Gasteiger partial charge in [-0.3, -0.25) is 9.69 Å². The third-order valence-electron chi connectivity index (χ3n) is 5.86. The molecule has 2 fully saturated rings. The van der Waals surface area contributed by atoms with E-state index in [0.717, 1.165) is 63.5 Å². The molecule has 0 unspecified atom stereocenters. The summed E-state index contributed by atoms with van der Waals surface area (Å²) in [5.74, 6) is 1.17. The first kappa shape index (κ1) is 18.3. The summed E-state index contributed by atoms with van der Waals surface area (Å²) in [6.07, 6.45) is 4.16. The fraction of sp³-hybridized carbons (Fsp3) is 0.500. The predicted octanol–water partition coefficient (Wildman–Crippen LogP) is 3.55. The number of hydrogen-bond donors (Lipinski definition) is 0. The van der Waals surface area contributed by atoms with E-state index >= 15 is 0 Å². The second kappa shape index (κ2) is 7.87. The van der Waals surface area contributed by atoms with Gasteiger partial charge in [0.05, 0.1) is 18.5 Å². The Labute approximate surface area is 160 Å². The Bertz CT molecular complexity index is 764. The largest absolute Gasteiger partial charge is 0.464 e. The summed E-state index contributed by atoms with van der Waals surface area (Å²) < 4.78 is 11.9. The lowest BCUT2D eigenvalue weighted by Gasteiger charge is -2.47. The van der Waals surface area contributed by atoms with E-state index in [0.29, 0.717) is 6.42 Å². The van der Waals surface area contributed by atoms with Crippen LogP contribution in [-0.2, 0) is 16.1 Å². The second-order valence-corrected chi connectivity index (χ2v) is 7.61. The zero-order chi connectivity index (χ0) is 18.7. The summed E-state index contributed by atoms with van der Waals surface area (Å²) in [6.45, 7) is 7.05. The Hall–Kier alpha value is -2.11. The first-order valence-corrected chi connectivity index (χ1v) is 9.95. The maximum Gasteiger partial charge on any atom is 0.222 e. The molecule has 5 nitrogen and oxygen atoms in total. The number of furan rings is 1. The second-order valence-electron chi connectivity index (χ2n) is 7.61. The third-order valence-corrected chi connectivity index (χ3v) is 5.86. The van der Waals surface area contributed by atoms with Gasteiger partial charge >= 0.3 is 0 Å². The summed E-state index contributed by atoms with van der Waals surface area (Å²) in [5.41, 5.74) is 2.33. The first-order valence-electron chi connectivity index (χ1n) is 9.95. The molecule has 4 rings (SSSR count). The first-order chi connectivity index (χ1) is 13.2. The van der Waals surface area contributed by atoms with E-state index in [9.17, 15) is 4.79 Å². The number of morpholine rings is 1. The van der Waals surface area contributed by atoms with Gasteiger partial charge in [0, 0.05) is 44.7 Å². The Balaban J connectivity index is 1.44. The van der Waals surface area contributed by atoms with Crippen molar-refractivity contribution in [3.8, 4) is 11.3 Å². The molecule has 2 saturated heterocycles. The summed E-state index contributed by atoms with van der Waals surface area (Å²) in [6, 6.07) is 12.4. The number of hydrogen-bond acceptors (Lipinski definition) is 4. The van der Waals surface area contributed by atoms with Crippen LogP contribution in [0.1, 0.15) is 31.7 Å². The van der Waals surface area contributed by atoms with Gasteiger partial charge < -0.3 is 14.1 Å². The van der Waals surface area contributed by atoms with Crippen LogP contribution in [0, 0.1) is 0 Å². The molecular weight excluding hydrogens is 340 g/mol. The van der Waals surface area contributed by atoms with Gasteiger partial charge in [-0.05, 0) is 30.5 Å². The van der Waals surface area contributed by atoms with E-state index in [2.05, 4.69) is 29.2 Å². The minimum atomic E-state index is -0.109. The predicted molar refractivity (Wildman–Crippen MR) is 104 cm³/mol. The summed E-state index contributed by atoms with van der Waals surface area (Å²) in [7, 11) is 0. The van der Waals surface area contributed by atoms with Gasteiger partial charge in [0.15, 0.2) is 0 Å². The van der Waals surface area contributed by atoms with Crippen LogP contribution >= 0.6 is 0 Å². The van der Waals surface area contributed by atoms with Crippen molar-refractivity contribution in [2.45, 2.75) is 38.3 Å². The highest BCUT2D eigenvalue weighted by Crippen LogP contribution is 2.32. The zero-order valence-corrected chi connectivity index (χ0v) is 16.0. The quantitative estimate of drug-likeness (QED) is 0.828. The van der Waals surface area contributed by atoms with Crippen LogP contribution in [0.2, 0.25) is 0 Å². The molecule has 2 aliphatic rings. The van der Waals surface area contributed by atoms with E-state index in [-0.39, 0.29) is 11.5 Å². The number of benzene rings is 1. The Morgan fingerprint density at radius 2 is 1.93 bits per heavy atom. The van der Waals surface area contributed by atoms with Gasteiger partial charge in [0.25, 0.3) is 0 Å².